The number of sulfonamides is 1. The molecule has 33 heavy (non-hydrogen) atoms. The second-order valence-corrected chi connectivity index (χ2v) is 11.4. The number of thiazole rings is 1. The summed E-state index contributed by atoms with van der Waals surface area (Å²) in [5.74, 6) is 0.587. The number of aromatic nitrogens is 1. The SMILES string of the molecule is CCN(CC)S(=O)(=O)c1ccc(CCC(=O)N2CCC(c3nc4ccccc4s3)CC2)cc1. The van der Waals surface area contributed by atoms with Crippen molar-refractivity contribution >= 4 is 37.5 Å². The molecule has 8 heteroatoms. The average molecular weight is 486 g/mol. The molecule has 0 unspecified atom stereocenters. The van der Waals surface area contributed by atoms with E-state index in [-0.39, 0.29) is 5.91 Å². The quantitative estimate of drug-likeness (QED) is 0.465. The van der Waals surface area contributed by atoms with Crippen molar-refractivity contribution in [3.63, 3.8) is 0 Å². The molecule has 1 aliphatic heterocycles. The molecule has 0 spiro atoms. The highest BCUT2D eigenvalue weighted by atomic mass is 32.2. The van der Waals surface area contributed by atoms with E-state index in [1.165, 1.54) is 14.0 Å². The first-order chi connectivity index (χ1) is 15.9. The molecule has 6 nitrogen and oxygen atoms in total. The third-order valence-corrected chi connectivity index (χ3v) is 9.66. The van der Waals surface area contributed by atoms with Gasteiger partial charge in [-0.3, -0.25) is 4.79 Å². The number of likely N-dealkylation sites (tertiary alicyclic amines) is 1. The van der Waals surface area contributed by atoms with Crippen molar-refractivity contribution in [2.24, 2.45) is 0 Å². The fourth-order valence-corrected chi connectivity index (χ4v) is 6.99. The molecule has 176 valence electrons. The molecular weight excluding hydrogens is 454 g/mol. The molecule has 0 saturated carbocycles. The molecule has 1 aromatic heterocycles. The van der Waals surface area contributed by atoms with E-state index in [4.69, 9.17) is 4.98 Å². The summed E-state index contributed by atoms with van der Waals surface area (Å²) in [5, 5.41) is 1.18. The Hall–Kier alpha value is -2.29. The largest absolute Gasteiger partial charge is 0.343 e. The van der Waals surface area contributed by atoms with Crippen LogP contribution in [0.15, 0.2) is 53.4 Å². The number of benzene rings is 2. The predicted molar refractivity (Wildman–Crippen MR) is 133 cm³/mol. The zero-order chi connectivity index (χ0) is 23.4. The monoisotopic (exact) mass is 485 g/mol. The number of aryl methyl sites for hydroxylation is 1. The number of hydrogen-bond donors (Lipinski definition) is 0. The van der Waals surface area contributed by atoms with Gasteiger partial charge in [0.05, 0.1) is 20.1 Å². The van der Waals surface area contributed by atoms with Crippen molar-refractivity contribution in [3.8, 4) is 0 Å². The summed E-state index contributed by atoms with van der Waals surface area (Å²) in [6.45, 7) is 6.10. The van der Waals surface area contributed by atoms with Crippen LogP contribution < -0.4 is 0 Å². The summed E-state index contributed by atoms with van der Waals surface area (Å²) < 4.78 is 27.9. The molecular formula is C25H31N3O3S2. The first-order valence-corrected chi connectivity index (χ1v) is 13.9. The Morgan fingerprint density at radius 3 is 2.36 bits per heavy atom. The fraction of sp³-hybridized carbons (Fsp3) is 0.440. The number of amides is 1. The lowest BCUT2D eigenvalue weighted by Crippen LogP contribution is -2.38. The minimum Gasteiger partial charge on any atom is -0.343 e. The molecule has 0 atom stereocenters. The summed E-state index contributed by atoms with van der Waals surface area (Å²) >= 11 is 1.77. The van der Waals surface area contributed by atoms with Crippen molar-refractivity contribution in [3.05, 3.63) is 59.1 Å². The van der Waals surface area contributed by atoms with Gasteiger partial charge in [0.15, 0.2) is 0 Å². The van der Waals surface area contributed by atoms with Gasteiger partial charge in [-0.2, -0.15) is 4.31 Å². The number of rotatable bonds is 8. The molecule has 1 aliphatic rings. The lowest BCUT2D eigenvalue weighted by Gasteiger charge is -2.31. The van der Waals surface area contributed by atoms with E-state index in [0.717, 1.165) is 37.0 Å². The molecule has 4 rings (SSSR count). The maximum Gasteiger partial charge on any atom is 0.243 e. The Bertz CT molecular complexity index is 1160. The van der Waals surface area contributed by atoms with Gasteiger partial charge in [-0.25, -0.2) is 13.4 Å². The van der Waals surface area contributed by atoms with Crippen LogP contribution in [-0.2, 0) is 21.2 Å². The summed E-state index contributed by atoms with van der Waals surface area (Å²) in [7, 11) is -3.45. The second-order valence-electron chi connectivity index (χ2n) is 8.41. The van der Waals surface area contributed by atoms with Crippen molar-refractivity contribution < 1.29 is 13.2 Å². The smallest absolute Gasteiger partial charge is 0.243 e. The van der Waals surface area contributed by atoms with E-state index in [0.29, 0.717) is 36.7 Å². The molecule has 3 aromatic rings. The third-order valence-electron chi connectivity index (χ3n) is 6.40. The summed E-state index contributed by atoms with van der Waals surface area (Å²) in [6.07, 6.45) is 2.95. The Labute approximate surface area is 200 Å². The van der Waals surface area contributed by atoms with Gasteiger partial charge < -0.3 is 4.90 Å². The molecule has 0 radical (unpaired) electrons. The van der Waals surface area contributed by atoms with Gasteiger partial charge in [-0.15, -0.1) is 11.3 Å². The number of piperidine rings is 1. The van der Waals surface area contributed by atoms with Gasteiger partial charge in [0.25, 0.3) is 0 Å². The fourth-order valence-electron chi connectivity index (χ4n) is 4.39. The van der Waals surface area contributed by atoms with E-state index in [2.05, 4.69) is 12.1 Å². The molecule has 1 fully saturated rings. The lowest BCUT2D eigenvalue weighted by molar-refractivity contribution is -0.132. The van der Waals surface area contributed by atoms with Gasteiger partial charge >= 0.3 is 0 Å². The highest BCUT2D eigenvalue weighted by Gasteiger charge is 2.26. The zero-order valence-electron chi connectivity index (χ0n) is 19.2. The highest BCUT2D eigenvalue weighted by molar-refractivity contribution is 7.89. The van der Waals surface area contributed by atoms with Crippen LogP contribution >= 0.6 is 11.3 Å². The lowest BCUT2D eigenvalue weighted by atomic mass is 9.97. The number of carbonyl (C=O) groups is 1. The Morgan fingerprint density at radius 1 is 1.06 bits per heavy atom. The molecule has 2 aromatic carbocycles. The number of carbonyl (C=O) groups excluding carboxylic acids is 1. The Balaban J connectivity index is 1.29. The molecule has 1 saturated heterocycles. The van der Waals surface area contributed by atoms with Gasteiger partial charge in [0, 0.05) is 38.5 Å². The molecule has 0 N–H and O–H groups in total. The Morgan fingerprint density at radius 2 is 1.73 bits per heavy atom. The number of nitrogens with zero attached hydrogens (tertiary/aromatic N) is 3. The van der Waals surface area contributed by atoms with E-state index in [1.807, 2.05) is 43.0 Å². The maximum atomic E-state index is 12.8. The number of para-hydroxylation sites is 1. The second kappa shape index (κ2) is 10.3. The minimum atomic E-state index is -3.45. The van der Waals surface area contributed by atoms with Crippen LogP contribution in [0, 0.1) is 0 Å². The predicted octanol–water partition coefficient (Wildman–Crippen LogP) is 4.67. The first-order valence-electron chi connectivity index (χ1n) is 11.6. The van der Waals surface area contributed by atoms with Crippen molar-refractivity contribution in [1.29, 1.82) is 0 Å². The maximum absolute atomic E-state index is 12.8. The van der Waals surface area contributed by atoms with Crippen molar-refractivity contribution in [2.75, 3.05) is 26.2 Å². The van der Waals surface area contributed by atoms with Gasteiger partial charge in [-0.1, -0.05) is 38.1 Å². The zero-order valence-corrected chi connectivity index (χ0v) is 20.9. The van der Waals surface area contributed by atoms with Crippen LogP contribution in [0.3, 0.4) is 0 Å². The van der Waals surface area contributed by atoms with E-state index in [1.54, 1.807) is 23.5 Å². The van der Waals surface area contributed by atoms with Crippen molar-refractivity contribution in [2.45, 2.75) is 50.3 Å². The first kappa shape index (κ1) is 23.9. The Kier molecular flexibility index (Phi) is 7.46. The molecule has 2 heterocycles. The van der Waals surface area contributed by atoms with E-state index < -0.39 is 10.0 Å². The standard InChI is InChI=1S/C25H31N3O3S2/c1-3-28(4-2)33(30,31)21-12-9-19(10-13-21)11-14-24(29)27-17-15-20(16-18-27)25-26-22-7-5-6-8-23(22)32-25/h5-10,12-13,20H,3-4,11,14-18H2,1-2H3. The van der Waals surface area contributed by atoms with Crippen LogP contribution in [0.2, 0.25) is 0 Å². The summed E-state index contributed by atoms with van der Waals surface area (Å²) in [6, 6.07) is 15.2. The van der Waals surface area contributed by atoms with Crippen LogP contribution in [0.5, 0.6) is 0 Å². The number of hydrogen-bond acceptors (Lipinski definition) is 5. The van der Waals surface area contributed by atoms with E-state index in [9.17, 15) is 13.2 Å². The summed E-state index contributed by atoms with van der Waals surface area (Å²) in [5.41, 5.74) is 2.04. The van der Waals surface area contributed by atoms with E-state index >= 15 is 0 Å². The van der Waals surface area contributed by atoms with Crippen LogP contribution in [-0.4, -0.2) is 54.7 Å². The third kappa shape index (κ3) is 5.28. The minimum absolute atomic E-state index is 0.164. The van der Waals surface area contributed by atoms with Gasteiger partial charge in [0.2, 0.25) is 15.9 Å². The summed E-state index contributed by atoms with van der Waals surface area (Å²) in [4.78, 5) is 19.8. The topological polar surface area (TPSA) is 70.6 Å². The molecule has 0 aliphatic carbocycles. The normalized spacial score (nSPS) is 15.4. The van der Waals surface area contributed by atoms with Gasteiger partial charge in [0.1, 0.15) is 0 Å². The molecule has 1 amide bonds. The van der Waals surface area contributed by atoms with Crippen molar-refractivity contribution in [1.82, 2.24) is 14.2 Å². The highest BCUT2D eigenvalue weighted by Crippen LogP contribution is 2.34. The van der Waals surface area contributed by atoms with Crippen LogP contribution in [0.25, 0.3) is 10.2 Å². The van der Waals surface area contributed by atoms with Gasteiger partial charge in [-0.05, 0) is 49.1 Å². The average Bonchev–Trinajstić information content (AvgIpc) is 3.28. The van der Waals surface area contributed by atoms with Crippen LogP contribution in [0.1, 0.15) is 49.6 Å². The number of fused-ring (bicyclic) bond motifs is 1. The van der Waals surface area contributed by atoms with Crippen LogP contribution in [0.4, 0.5) is 0 Å². The molecule has 0 bridgehead atoms.